The van der Waals surface area contributed by atoms with Crippen molar-refractivity contribution in [2.24, 2.45) is 0 Å². The van der Waals surface area contributed by atoms with E-state index in [0.717, 1.165) is 5.56 Å². The van der Waals surface area contributed by atoms with E-state index < -0.39 is 17.8 Å². The van der Waals surface area contributed by atoms with Crippen LogP contribution in [0.3, 0.4) is 0 Å². The van der Waals surface area contributed by atoms with Gasteiger partial charge in [-0.15, -0.1) is 0 Å². The maximum absolute atomic E-state index is 13.6. The van der Waals surface area contributed by atoms with E-state index in [1.165, 1.54) is 12.1 Å². The number of benzene rings is 2. The first kappa shape index (κ1) is 21.1. The van der Waals surface area contributed by atoms with Crippen molar-refractivity contribution in [1.29, 1.82) is 0 Å². The summed E-state index contributed by atoms with van der Waals surface area (Å²) in [5.74, 6) is -0.345. The molecule has 1 aliphatic heterocycles. The van der Waals surface area contributed by atoms with E-state index in [1.807, 2.05) is 24.3 Å². The zero-order valence-corrected chi connectivity index (χ0v) is 17.7. The first-order valence-corrected chi connectivity index (χ1v) is 9.73. The summed E-state index contributed by atoms with van der Waals surface area (Å²) in [7, 11) is 1.57. The van der Waals surface area contributed by atoms with Crippen molar-refractivity contribution in [3.05, 3.63) is 70.1 Å². The highest BCUT2D eigenvalue weighted by atomic mass is 35.5. The molecule has 1 N–H and O–H groups in total. The quantitative estimate of drug-likeness (QED) is 0.541. The summed E-state index contributed by atoms with van der Waals surface area (Å²) >= 11 is 11.5. The summed E-state index contributed by atoms with van der Waals surface area (Å²) < 4.78 is 24.2. The van der Waals surface area contributed by atoms with Crippen molar-refractivity contribution in [3.8, 4) is 5.75 Å². The first-order valence-electron chi connectivity index (χ1n) is 8.94. The van der Waals surface area contributed by atoms with Gasteiger partial charge in [-0.2, -0.15) is 0 Å². The average Bonchev–Trinajstić information content (AvgIpc) is 2.70. The van der Waals surface area contributed by atoms with Gasteiger partial charge in [0, 0.05) is 11.4 Å². The summed E-state index contributed by atoms with van der Waals surface area (Å²) in [6.07, 6.45) is 0. The summed E-state index contributed by atoms with van der Waals surface area (Å²) in [5, 5.41) is 3.51. The van der Waals surface area contributed by atoms with E-state index >= 15 is 0 Å². The molecule has 0 saturated heterocycles. The lowest BCUT2D eigenvalue weighted by atomic mass is 9.94. The second-order valence-corrected chi connectivity index (χ2v) is 7.11. The van der Waals surface area contributed by atoms with Gasteiger partial charge in [-0.25, -0.2) is 9.18 Å². The Morgan fingerprint density at radius 2 is 2.07 bits per heavy atom. The molecule has 0 amide bonds. The molecule has 0 fully saturated rings. The van der Waals surface area contributed by atoms with E-state index in [9.17, 15) is 9.18 Å². The molecule has 1 atom stereocenters. The van der Waals surface area contributed by atoms with E-state index in [-0.39, 0.29) is 11.6 Å². The first-order chi connectivity index (χ1) is 13.9. The molecule has 1 unspecified atom stereocenters. The van der Waals surface area contributed by atoms with Crippen LogP contribution in [0.4, 0.5) is 10.1 Å². The Morgan fingerprint density at radius 1 is 1.31 bits per heavy atom. The van der Waals surface area contributed by atoms with Gasteiger partial charge in [-0.05, 0) is 62.0 Å². The molecular weight excluding hydrogens is 415 g/mol. The van der Waals surface area contributed by atoms with Gasteiger partial charge in [0.1, 0.15) is 11.6 Å². The van der Waals surface area contributed by atoms with Crippen molar-refractivity contribution in [1.82, 2.24) is 5.32 Å². The maximum atomic E-state index is 13.6. The van der Waals surface area contributed by atoms with Crippen LogP contribution < -0.4 is 15.0 Å². The molecule has 0 radical (unpaired) electrons. The highest BCUT2D eigenvalue weighted by molar-refractivity contribution is 7.80. The topological polar surface area (TPSA) is 50.8 Å². The van der Waals surface area contributed by atoms with Gasteiger partial charge in [0.05, 0.1) is 30.4 Å². The average molecular weight is 435 g/mol. The molecule has 1 heterocycles. The van der Waals surface area contributed by atoms with Gasteiger partial charge in [-0.1, -0.05) is 23.7 Å². The number of esters is 1. The lowest BCUT2D eigenvalue weighted by Gasteiger charge is -2.37. The molecule has 5 nitrogen and oxygen atoms in total. The van der Waals surface area contributed by atoms with Crippen molar-refractivity contribution in [2.45, 2.75) is 19.9 Å². The lowest BCUT2D eigenvalue weighted by Crippen LogP contribution is -2.48. The number of halogens is 2. The molecule has 2 aromatic rings. The van der Waals surface area contributed by atoms with E-state index in [4.69, 9.17) is 33.3 Å². The number of nitrogens with one attached hydrogen (secondary N) is 1. The Kier molecular flexibility index (Phi) is 6.39. The fourth-order valence-corrected chi connectivity index (χ4v) is 3.76. The highest BCUT2D eigenvalue weighted by Gasteiger charge is 2.35. The smallest absolute Gasteiger partial charge is 0.338 e. The minimum atomic E-state index is -0.534. The SMILES string of the molecule is CCOC(=O)C1=C(C)N(c2ccc(F)c(Cl)c2)C(=S)NC1c1cccc(OC)c1. The molecule has 2 aromatic carbocycles. The molecular formula is C21H20ClFN2O3S. The molecule has 29 heavy (non-hydrogen) atoms. The van der Waals surface area contributed by atoms with Crippen molar-refractivity contribution in [3.63, 3.8) is 0 Å². The second kappa shape index (κ2) is 8.80. The van der Waals surface area contributed by atoms with E-state index in [1.54, 1.807) is 31.9 Å². The fourth-order valence-electron chi connectivity index (χ4n) is 3.22. The fraction of sp³-hybridized carbons (Fsp3) is 0.238. The number of rotatable bonds is 5. The van der Waals surface area contributed by atoms with Gasteiger partial charge >= 0.3 is 5.97 Å². The van der Waals surface area contributed by atoms with Gasteiger partial charge in [-0.3, -0.25) is 4.90 Å². The summed E-state index contributed by atoms with van der Waals surface area (Å²) in [6.45, 7) is 3.74. The van der Waals surface area contributed by atoms with E-state index in [2.05, 4.69) is 5.32 Å². The number of hydrogen-bond donors (Lipinski definition) is 1. The molecule has 0 saturated carbocycles. The number of carbonyl (C=O) groups excluding carboxylic acids is 1. The van der Waals surface area contributed by atoms with Crippen LogP contribution in [0.15, 0.2) is 53.7 Å². The van der Waals surface area contributed by atoms with Gasteiger partial charge < -0.3 is 14.8 Å². The van der Waals surface area contributed by atoms with Crippen LogP contribution in [0.2, 0.25) is 5.02 Å². The minimum Gasteiger partial charge on any atom is -0.497 e. The van der Waals surface area contributed by atoms with Gasteiger partial charge in [0.15, 0.2) is 5.11 Å². The number of carbonyl (C=O) groups is 1. The summed E-state index contributed by atoms with van der Waals surface area (Å²) in [4.78, 5) is 14.5. The van der Waals surface area contributed by atoms with Crippen LogP contribution in [-0.4, -0.2) is 24.8 Å². The van der Waals surface area contributed by atoms with Crippen molar-refractivity contribution in [2.75, 3.05) is 18.6 Å². The molecule has 0 aromatic heterocycles. The minimum absolute atomic E-state index is 0.0364. The third-order valence-electron chi connectivity index (χ3n) is 4.57. The number of anilines is 1. The number of hydrogen-bond acceptors (Lipinski definition) is 4. The molecule has 0 bridgehead atoms. The van der Waals surface area contributed by atoms with Crippen LogP contribution >= 0.6 is 23.8 Å². The third-order valence-corrected chi connectivity index (χ3v) is 5.16. The number of methoxy groups -OCH3 is 1. The Hall–Kier alpha value is -2.64. The predicted molar refractivity (Wildman–Crippen MR) is 115 cm³/mol. The number of allylic oxidation sites excluding steroid dienone is 1. The number of ether oxygens (including phenoxy) is 2. The molecule has 1 aliphatic rings. The van der Waals surface area contributed by atoms with Gasteiger partial charge in [0.2, 0.25) is 0 Å². The highest BCUT2D eigenvalue weighted by Crippen LogP contribution is 2.36. The van der Waals surface area contributed by atoms with Crippen LogP contribution in [0, 0.1) is 5.82 Å². The van der Waals surface area contributed by atoms with Crippen molar-refractivity contribution >= 4 is 40.6 Å². The van der Waals surface area contributed by atoms with Gasteiger partial charge in [0.25, 0.3) is 0 Å². The largest absolute Gasteiger partial charge is 0.497 e. The third kappa shape index (κ3) is 4.21. The Balaban J connectivity index is 2.14. The van der Waals surface area contributed by atoms with Crippen LogP contribution in [-0.2, 0) is 9.53 Å². The second-order valence-electron chi connectivity index (χ2n) is 6.31. The van der Waals surface area contributed by atoms with Crippen molar-refractivity contribution < 1.29 is 18.7 Å². The van der Waals surface area contributed by atoms with Crippen LogP contribution in [0.25, 0.3) is 0 Å². The zero-order chi connectivity index (χ0) is 21.1. The molecule has 3 rings (SSSR count). The van der Waals surface area contributed by atoms with Crippen LogP contribution in [0.5, 0.6) is 5.75 Å². The number of nitrogens with zero attached hydrogens (tertiary/aromatic N) is 1. The van der Waals surface area contributed by atoms with Crippen LogP contribution in [0.1, 0.15) is 25.5 Å². The molecule has 0 aliphatic carbocycles. The Bertz CT molecular complexity index is 996. The molecule has 0 spiro atoms. The Labute approximate surface area is 179 Å². The normalized spacial score (nSPS) is 16.5. The summed E-state index contributed by atoms with van der Waals surface area (Å²) in [5.41, 5.74) is 2.31. The zero-order valence-electron chi connectivity index (χ0n) is 16.2. The standard InChI is InChI=1S/C21H20ClFN2O3S/c1-4-28-20(26)18-12(2)25(14-8-9-17(23)16(22)11-14)21(29)24-19(18)13-6-5-7-15(10-13)27-3/h5-11,19H,4H2,1-3H3,(H,24,29). The monoisotopic (exact) mass is 434 g/mol. The Morgan fingerprint density at radius 3 is 2.72 bits per heavy atom. The lowest BCUT2D eigenvalue weighted by molar-refractivity contribution is -0.139. The molecule has 8 heteroatoms. The summed E-state index contributed by atoms with van der Waals surface area (Å²) in [6, 6.07) is 11.1. The molecule has 152 valence electrons. The predicted octanol–water partition coefficient (Wildman–Crippen LogP) is 4.76. The van der Waals surface area contributed by atoms with E-state index in [0.29, 0.717) is 27.8 Å². The number of thiocarbonyl (C=S) groups is 1. The maximum Gasteiger partial charge on any atom is 0.338 e.